The van der Waals surface area contributed by atoms with Crippen molar-refractivity contribution in [2.75, 3.05) is 18.6 Å². The minimum absolute atomic E-state index is 0.0209. The zero-order valence-electron chi connectivity index (χ0n) is 21.3. The molecule has 1 aromatic rings. The molecule has 0 aromatic heterocycles. The van der Waals surface area contributed by atoms with E-state index in [1.165, 1.54) is 7.11 Å². The van der Waals surface area contributed by atoms with Crippen LogP contribution in [0.3, 0.4) is 0 Å². The minimum atomic E-state index is -2.39. The molecule has 1 aromatic carbocycles. The maximum Gasteiger partial charge on any atom is 0.414 e. The molecule has 2 N–H and O–H groups in total. The summed E-state index contributed by atoms with van der Waals surface area (Å²) >= 11 is 0. The standard InChI is InChI=1S/C25H38N2O6Si/c1-14(2)34(15(3)4,16(5)6)33-21-11-18-17(10-20(21)32-7)22(28)26-13-25(8-9-25)12-19(26)23(29)27(18)24(30)31/h10-11,14-16,19,23,29H,8-9,12-13H2,1-7H3,(H,30,31)/t19-,23?/m0/s1. The molecule has 34 heavy (non-hydrogen) atoms. The number of anilines is 1. The Morgan fingerprint density at radius 2 is 1.68 bits per heavy atom. The average Bonchev–Trinajstić information content (AvgIpc) is 3.41. The molecule has 2 heterocycles. The van der Waals surface area contributed by atoms with Gasteiger partial charge in [-0.05, 0) is 47.4 Å². The van der Waals surface area contributed by atoms with Crippen LogP contribution in [-0.4, -0.2) is 61.4 Å². The van der Waals surface area contributed by atoms with E-state index in [1.807, 2.05) is 0 Å². The van der Waals surface area contributed by atoms with E-state index in [0.717, 1.165) is 17.7 Å². The third-order valence-corrected chi connectivity index (χ3v) is 14.3. The highest BCUT2D eigenvalue weighted by Gasteiger charge is 2.58. The van der Waals surface area contributed by atoms with Crippen molar-refractivity contribution >= 4 is 26.0 Å². The number of benzene rings is 1. The molecule has 3 aliphatic rings. The van der Waals surface area contributed by atoms with Crippen LogP contribution in [0.5, 0.6) is 11.5 Å². The average molecular weight is 491 g/mol. The van der Waals surface area contributed by atoms with Gasteiger partial charge in [0.25, 0.3) is 14.2 Å². The van der Waals surface area contributed by atoms with Crippen LogP contribution in [0.2, 0.25) is 16.6 Å². The number of hydrogen-bond acceptors (Lipinski definition) is 5. The molecule has 2 atom stereocenters. The lowest BCUT2D eigenvalue weighted by molar-refractivity contribution is 0.0510. The van der Waals surface area contributed by atoms with Crippen molar-refractivity contribution in [3.63, 3.8) is 0 Å². The topological polar surface area (TPSA) is 99.5 Å². The largest absolute Gasteiger partial charge is 0.540 e. The van der Waals surface area contributed by atoms with E-state index >= 15 is 0 Å². The molecule has 2 amide bonds. The Hall–Kier alpha value is -2.26. The number of fused-ring (bicyclic) bond motifs is 2. The molecule has 2 aliphatic heterocycles. The number of amides is 2. The molecular formula is C25H38N2O6Si. The van der Waals surface area contributed by atoms with Crippen LogP contribution in [0.25, 0.3) is 0 Å². The maximum absolute atomic E-state index is 13.6. The number of ether oxygens (including phenoxy) is 1. The molecule has 4 rings (SSSR count). The molecule has 0 radical (unpaired) electrons. The molecule has 8 nitrogen and oxygen atoms in total. The van der Waals surface area contributed by atoms with Crippen LogP contribution in [0, 0.1) is 5.41 Å². The first kappa shape index (κ1) is 24.8. The van der Waals surface area contributed by atoms with E-state index in [1.54, 1.807) is 17.0 Å². The summed E-state index contributed by atoms with van der Waals surface area (Å²) in [6, 6.07) is 2.62. The maximum atomic E-state index is 13.6. The lowest BCUT2D eigenvalue weighted by Gasteiger charge is -2.42. The summed E-state index contributed by atoms with van der Waals surface area (Å²) in [6.45, 7) is 13.6. The number of aliphatic hydroxyl groups is 1. The first-order valence-corrected chi connectivity index (χ1v) is 14.4. The quantitative estimate of drug-likeness (QED) is 0.541. The second-order valence-electron chi connectivity index (χ2n) is 11.2. The van der Waals surface area contributed by atoms with Crippen LogP contribution in [0.15, 0.2) is 12.1 Å². The van der Waals surface area contributed by atoms with Gasteiger partial charge in [-0.3, -0.25) is 4.79 Å². The summed E-state index contributed by atoms with van der Waals surface area (Å²) < 4.78 is 12.5. The van der Waals surface area contributed by atoms with Gasteiger partial charge in [0.05, 0.1) is 24.4 Å². The monoisotopic (exact) mass is 490 g/mol. The Morgan fingerprint density at radius 1 is 1.09 bits per heavy atom. The van der Waals surface area contributed by atoms with Crippen molar-refractivity contribution in [2.45, 2.75) is 89.7 Å². The van der Waals surface area contributed by atoms with Gasteiger partial charge in [0, 0.05) is 12.6 Å². The highest BCUT2D eigenvalue weighted by molar-refractivity contribution is 6.78. The van der Waals surface area contributed by atoms with Crippen molar-refractivity contribution in [2.24, 2.45) is 5.41 Å². The first-order valence-electron chi connectivity index (χ1n) is 12.3. The van der Waals surface area contributed by atoms with E-state index in [9.17, 15) is 19.8 Å². The minimum Gasteiger partial charge on any atom is -0.540 e. The summed E-state index contributed by atoms with van der Waals surface area (Å²) in [5.41, 5.74) is 1.26. The molecule has 2 fully saturated rings. The molecule has 9 heteroatoms. The van der Waals surface area contributed by atoms with Crippen LogP contribution in [0.1, 0.15) is 71.2 Å². The van der Waals surface area contributed by atoms with Gasteiger partial charge in [0.2, 0.25) is 0 Å². The van der Waals surface area contributed by atoms with Crippen LogP contribution in [-0.2, 0) is 0 Å². The third kappa shape index (κ3) is 3.68. The molecule has 1 saturated heterocycles. The van der Waals surface area contributed by atoms with Gasteiger partial charge < -0.3 is 24.3 Å². The fourth-order valence-electron chi connectivity index (χ4n) is 6.51. The van der Waals surface area contributed by atoms with Crippen molar-refractivity contribution in [1.29, 1.82) is 0 Å². The predicted octanol–water partition coefficient (Wildman–Crippen LogP) is 5.06. The lowest BCUT2D eigenvalue weighted by Crippen LogP contribution is -2.51. The lowest BCUT2D eigenvalue weighted by atomic mass is 10.0. The zero-order valence-corrected chi connectivity index (χ0v) is 22.3. The summed E-state index contributed by atoms with van der Waals surface area (Å²) in [6.07, 6.45) is -0.0185. The number of carboxylic acid groups (broad SMARTS) is 1. The molecular weight excluding hydrogens is 452 g/mol. The first-order chi connectivity index (χ1) is 15.9. The second-order valence-corrected chi connectivity index (χ2v) is 16.6. The van der Waals surface area contributed by atoms with E-state index in [2.05, 4.69) is 41.5 Å². The van der Waals surface area contributed by atoms with Crippen molar-refractivity contribution in [3.05, 3.63) is 17.7 Å². The molecule has 0 bridgehead atoms. The molecule has 1 spiro atoms. The number of carbonyl (C=O) groups excluding carboxylic acids is 1. The fraction of sp³-hybridized carbons (Fsp3) is 0.680. The van der Waals surface area contributed by atoms with Crippen LogP contribution in [0.4, 0.5) is 10.5 Å². The Morgan fingerprint density at radius 3 is 2.15 bits per heavy atom. The number of rotatable bonds is 6. The van der Waals surface area contributed by atoms with Gasteiger partial charge in [-0.1, -0.05) is 41.5 Å². The Labute approximate surface area is 203 Å². The summed E-state index contributed by atoms with van der Waals surface area (Å²) in [5.74, 6) is 0.567. The number of carbonyl (C=O) groups is 2. The van der Waals surface area contributed by atoms with E-state index in [0.29, 0.717) is 41.1 Å². The highest BCUT2D eigenvalue weighted by Crippen LogP contribution is 2.57. The van der Waals surface area contributed by atoms with Gasteiger partial charge in [0.15, 0.2) is 12.0 Å². The van der Waals surface area contributed by atoms with Gasteiger partial charge in [-0.2, -0.15) is 0 Å². The second kappa shape index (κ2) is 8.44. The van der Waals surface area contributed by atoms with Gasteiger partial charge >= 0.3 is 6.09 Å². The van der Waals surface area contributed by atoms with Crippen molar-refractivity contribution < 1.29 is 29.0 Å². The van der Waals surface area contributed by atoms with Gasteiger partial charge in [0.1, 0.15) is 5.75 Å². The van der Waals surface area contributed by atoms with Gasteiger partial charge in [-0.25, -0.2) is 9.69 Å². The highest BCUT2D eigenvalue weighted by atomic mass is 28.4. The van der Waals surface area contributed by atoms with E-state index in [-0.39, 0.29) is 22.6 Å². The summed E-state index contributed by atoms with van der Waals surface area (Å²) in [5, 5.41) is 21.3. The number of aliphatic hydroxyl groups excluding tert-OH is 1. The number of methoxy groups -OCH3 is 1. The van der Waals surface area contributed by atoms with E-state index in [4.69, 9.17) is 9.16 Å². The van der Waals surface area contributed by atoms with Crippen molar-refractivity contribution in [3.8, 4) is 11.5 Å². The summed E-state index contributed by atoms with van der Waals surface area (Å²) in [4.78, 5) is 28.6. The molecule has 1 aliphatic carbocycles. The Kier molecular flexibility index (Phi) is 6.17. The van der Waals surface area contributed by atoms with E-state index < -0.39 is 26.7 Å². The van der Waals surface area contributed by atoms with Crippen LogP contribution < -0.4 is 14.1 Å². The number of nitrogens with zero attached hydrogens (tertiary/aromatic N) is 2. The zero-order chi connectivity index (χ0) is 25.2. The SMILES string of the molecule is COc1cc2c(cc1O[Si](C(C)C)(C(C)C)C(C)C)N(C(=O)O)C(O)[C@@H]1CC3(CC3)CN1C2=O. The predicted molar refractivity (Wildman–Crippen MR) is 132 cm³/mol. The molecule has 188 valence electrons. The smallest absolute Gasteiger partial charge is 0.414 e. The molecule has 1 saturated carbocycles. The normalized spacial score (nSPS) is 23.4. The fourth-order valence-corrected chi connectivity index (χ4v) is 11.8. The van der Waals surface area contributed by atoms with Crippen LogP contribution >= 0.6 is 0 Å². The van der Waals surface area contributed by atoms with Crippen molar-refractivity contribution in [1.82, 2.24) is 4.90 Å². The number of hydrogen-bond donors (Lipinski definition) is 2. The Balaban J connectivity index is 1.87. The Bertz CT molecular complexity index is 968. The third-order valence-electron chi connectivity index (χ3n) is 8.35. The molecule has 1 unspecified atom stereocenters. The van der Waals surface area contributed by atoms with Gasteiger partial charge in [-0.15, -0.1) is 0 Å². The summed E-state index contributed by atoms with van der Waals surface area (Å²) in [7, 11) is -0.866.